The summed E-state index contributed by atoms with van der Waals surface area (Å²) in [5.74, 6) is 0. The van der Waals surface area contributed by atoms with Gasteiger partial charge >= 0.3 is 0 Å². The molecule has 0 aliphatic carbocycles. The molecule has 1 aromatic rings. The molecule has 1 radical (unpaired) electrons. The molecular formula is C7H7ClN. The first-order valence-corrected chi connectivity index (χ1v) is 3.23. The van der Waals surface area contributed by atoms with Crippen molar-refractivity contribution < 1.29 is 0 Å². The van der Waals surface area contributed by atoms with E-state index in [0.29, 0.717) is 5.02 Å². The third-order valence-corrected chi connectivity index (χ3v) is 1.31. The van der Waals surface area contributed by atoms with E-state index in [-0.39, 0.29) is 0 Å². The highest BCUT2D eigenvalue weighted by molar-refractivity contribution is 6.30. The average Bonchev–Trinajstić information content (AvgIpc) is 1.88. The Morgan fingerprint density at radius 2 is 2.56 bits per heavy atom. The molecule has 0 aliphatic rings. The summed E-state index contributed by atoms with van der Waals surface area (Å²) in [6.07, 6.45) is 2.52. The van der Waals surface area contributed by atoms with Gasteiger partial charge in [0, 0.05) is 18.0 Å². The molecule has 2 heteroatoms. The molecule has 0 amide bonds. The standard InChI is InChI=1S/C7H7ClN/c1-2-7-5-6(8)3-4-9-7/h4-5H,2H2,1H3. The molecule has 0 unspecified atom stereocenters. The van der Waals surface area contributed by atoms with Crippen molar-refractivity contribution in [2.75, 3.05) is 0 Å². The van der Waals surface area contributed by atoms with Gasteiger partial charge < -0.3 is 0 Å². The Bertz CT molecular complexity index is 198. The van der Waals surface area contributed by atoms with Gasteiger partial charge in [0.25, 0.3) is 0 Å². The van der Waals surface area contributed by atoms with E-state index in [1.165, 1.54) is 0 Å². The number of pyridine rings is 1. The molecule has 1 nitrogen and oxygen atoms in total. The number of hydrogen-bond donors (Lipinski definition) is 0. The van der Waals surface area contributed by atoms with Gasteiger partial charge in [0.1, 0.15) is 0 Å². The number of nitrogens with zero attached hydrogens (tertiary/aromatic N) is 1. The van der Waals surface area contributed by atoms with Crippen LogP contribution in [0.25, 0.3) is 0 Å². The van der Waals surface area contributed by atoms with Crippen LogP contribution in [0.15, 0.2) is 12.3 Å². The quantitative estimate of drug-likeness (QED) is 0.582. The van der Waals surface area contributed by atoms with Gasteiger partial charge in [0.15, 0.2) is 0 Å². The molecule has 0 atom stereocenters. The summed E-state index contributed by atoms with van der Waals surface area (Å²) in [5, 5.41) is 0.641. The molecule has 0 saturated carbocycles. The van der Waals surface area contributed by atoms with Crippen LogP contribution in [0.5, 0.6) is 0 Å². The van der Waals surface area contributed by atoms with Gasteiger partial charge in [-0.05, 0) is 12.5 Å². The minimum atomic E-state index is 0.641. The third kappa shape index (κ3) is 1.68. The summed E-state index contributed by atoms with van der Waals surface area (Å²) in [4.78, 5) is 4.02. The van der Waals surface area contributed by atoms with Crippen molar-refractivity contribution in [1.82, 2.24) is 4.98 Å². The monoisotopic (exact) mass is 140 g/mol. The number of rotatable bonds is 1. The van der Waals surface area contributed by atoms with Crippen LogP contribution in [-0.2, 0) is 6.42 Å². The Hall–Kier alpha value is -0.560. The Balaban J connectivity index is 2.94. The molecule has 0 bridgehead atoms. The van der Waals surface area contributed by atoms with Crippen LogP contribution in [0.1, 0.15) is 12.6 Å². The maximum absolute atomic E-state index is 5.63. The van der Waals surface area contributed by atoms with Crippen molar-refractivity contribution in [3.8, 4) is 0 Å². The van der Waals surface area contributed by atoms with Crippen molar-refractivity contribution in [2.24, 2.45) is 0 Å². The minimum absolute atomic E-state index is 0.641. The molecule has 1 heterocycles. The van der Waals surface area contributed by atoms with Crippen molar-refractivity contribution >= 4 is 11.6 Å². The maximum atomic E-state index is 5.63. The summed E-state index contributed by atoms with van der Waals surface area (Å²) in [6.45, 7) is 2.04. The minimum Gasteiger partial charge on any atom is -0.261 e. The highest BCUT2D eigenvalue weighted by atomic mass is 35.5. The topological polar surface area (TPSA) is 12.9 Å². The van der Waals surface area contributed by atoms with Crippen LogP contribution in [0.3, 0.4) is 0 Å². The van der Waals surface area contributed by atoms with E-state index in [2.05, 4.69) is 11.1 Å². The van der Waals surface area contributed by atoms with Gasteiger partial charge in [-0.25, -0.2) is 0 Å². The zero-order chi connectivity index (χ0) is 6.69. The van der Waals surface area contributed by atoms with Crippen LogP contribution in [0.4, 0.5) is 0 Å². The van der Waals surface area contributed by atoms with E-state index >= 15 is 0 Å². The molecule has 47 valence electrons. The van der Waals surface area contributed by atoms with Crippen LogP contribution in [-0.4, -0.2) is 4.98 Å². The summed E-state index contributed by atoms with van der Waals surface area (Å²) in [7, 11) is 0. The zero-order valence-corrected chi connectivity index (χ0v) is 5.94. The van der Waals surface area contributed by atoms with Crippen molar-refractivity contribution in [2.45, 2.75) is 13.3 Å². The predicted octanol–water partition coefficient (Wildman–Crippen LogP) is 2.10. The molecule has 0 fully saturated rings. The lowest BCUT2D eigenvalue weighted by Crippen LogP contribution is -1.83. The summed E-state index contributed by atoms with van der Waals surface area (Å²) >= 11 is 5.63. The van der Waals surface area contributed by atoms with Gasteiger partial charge in [-0.15, -0.1) is 0 Å². The van der Waals surface area contributed by atoms with Crippen LogP contribution in [0, 0.1) is 6.07 Å². The number of aromatic nitrogens is 1. The number of halogens is 1. The van der Waals surface area contributed by atoms with Crippen molar-refractivity contribution in [1.29, 1.82) is 0 Å². The van der Waals surface area contributed by atoms with Gasteiger partial charge in [-0.1, -0.05) is 18.5 Å². The molecular weight excluding hydrogens is 134 g/mol. The van der Waals surface area contributed by atoms with Crippen molar-refractivity contribution in [3.05, 3.63) is 29.0 Å². The highest BCUT2D eigenvalue weighted by Crippen LogP contribution is 2.06. The van der Waals surface area contributed by atoms with Gasteiger partial charge in [0.2, 0.25) is 0 Å². The first kappa shape index (κ1) is 6.56. The fourth-order valence-corrected chi connectivity index (χ4v) is 0.770. The van der Waals surface area contributed by atoms with Gasteiger partial charge in [-0.3, -0.25) is 4.98 Å². The Morgan fingerprint density at radius 1 is 1.78 bits per heavy atom. The van der Waals surface area contributed by atoms with Crippen LogP contribution >= 0.6 is 11.6 Å². The lowest BCUT2D eigenvalue weighted by atomic mass is 10.3. The molecule has 0 spiro atoms. The summed E-state index contributed by atoms with van der Waals surface area (Å²) < 4.78 is 0. The largest absolute Gasteiger partial charge is 0.261 e. The van der Waals surface area contributed by atoms with Crippen LogP contribution in [0.2, 0.25) is 5.02 Å². The van der Waals surface area contributed by atoms with E-state index in [1.807, 2.05) is 13.0 Å². The maximum Gasteiger partial charge on any atom is 0.0519 e. The fraction of sp³-hybridized carbons (Fsp3) is 0.286. The summed E-state index contributed by atoms with van der Waals surface area (Å²) in [6, 6.07) is 4.58. The lowest BCUT2D eigenvalue weighted by molar-refractivity contribution is 1.03. The first-order chi connectivity index (χ1) is 4.33. The molecule has 1 aromatic heterocycles. The predicted molar refractivity (Wildman–Crippen MR) is 37.5 cm³/mol. The lowest BCUT2D eigenvalue weighted by Gasteiger charge is -1.92. The Morgan fingerprint density at radius 3 is 3.00 bits per heavy atom. The van der Waals surface area contributed by atoms with E-state index in [0.717, 1.165) is 12.1 Å². The Kier molecular flexibility index (Phi) is 2.06. The number of hydrogen-bond acceptors (Lipinski definition) is 1. The van der Waals surface area contributed by atoms with Crippen molar-refractivity contribution in [3.63, 3.8) is 0 Å². The van der Waals surface area contributed by atoms with E-state index in [1.54, 1.807) is 6.20 Å². The second-order valence-electron chi connectivity index (χ2n) is 1.74. The zero-order valence-electron chi connectivity index (χ0n) is 5.19. The smallest absolute Gasteiger partial charge is 0.0519 e. The average molecular weight is 141 g/mol. The summed E-state index contributed by atoms with van der Waals surface area (Å²) in [5.41, 5.74) is 1.01. The molecule has 0 N–H and O–H groups in total. The highest BCUT2D eigenvalue weighted by Gasteiger charge is 1.89. The second-order valence-corrected chi connectivity index (χ2v) is 2.15. The van der Waals surface area contributed by atoms with E-state index in [9.17, 15) is 0 Å². The first-order valence-electron chi connectivity index (χ1n) is 2.85. The fourth-order valence-electron chi connectivity index (χ4n) is 0.595. The Labute approximate surface area is 59.7 Å². The van der Waals surface area contributed by atoms with E-state index < -0.39 is 0 Å². The van der Waals surface area contributed by atoms with Gasteiger partial charge in [-0.2, -0.15) is 0 Å². The molecule has 0 aromatic carbocycles. The molecule has 0 saturated heterocycles. The molecule has 0 aliphatic heterocycles. The third-order valence-electron chi connectivity index (χ3n) is 1.09. The molecule has 9 heavy (non-hydrogen) atoms. The number of aryl methyl sites for hydroxylation is 1. The van der Waals surface area contributed by atoms with E-state index in [4.69, 9.17) is 11.6 Å². The molecule has 1 rings (SSSR count). The van der Waals surface area contributed by atoms with Crippen LogP contribution < -0.4 is 0 Å². The normalized spacial score (nSPS) is 9.56. The second kappa shape index (κ2) is 2.83. The SMILES string of the molecule is CCc1cc(Cl)[c]cn1. The van der Waals surface area contributed by atoms with Gasteiger partial charge in [0.05, 0.1) is 5.02 Å².